The van der Waals surface area contributed by atoms with E-state index in [0.29, 0.717) is 32.3 Å². The molecule has 1 aliphatic carbocycles. The van der Waals surface area contributed by atoms with Crippen LogP contribution < -0.4 is 5.32 Å². The minimum Gasteiger partial charge on any atom is -0.394 e. The van der Waals surface area contributed by atoms with Gasteiger partial charge in [-0.2, -0.15) is 0 Å². The lowest BCUT2D eigenvalue weighted by molar-refractivity contribution is -0.130. The van der Waals surface area contributed by atoms with Gasteiger partial charge in [0.1, 0.15) is 0 Å². The maximum atomic E-state index is 11.7. The molecule has 0 radical (unpaired) electrons. The number of aliphatic hydroxyl groups is 1. The van der Waals surface area contributed by atoms with Gasteiger partial charge in [0.25, 0.3) is 0 Å². The van der Waals surface area contributed by atoms with Crippen LogP contribution in [0.3, 0.4) is 0 Å². The Balaban J connectivity index is 2.00. The van der Waals surface area contributed by atoms with Gasteiger partial charge in [-0.15, -0.1) is 0 Å². The van der Waals surface area contributed by atoms with Crippen molar-refractivity contribution in [3.63, 3.8) is 0 Å². The van der Waals surface area contributed by atoms with E-state index in [9.17, 15) is 4.79 Å². The van der Waals surface area contributed by atoms with Crippen LogP contribution >= 0.6 is 0 Å². The summed E-state index contributed by atoms with van der Waals surface area (Å²) >= 11 is 0. The quantitative estimate of drug-likeness (QED) is 0.529. The van der Waals surface area contributed by atoms with Gasteiger partial charge in [0.15, 0.2) is 0 Å². The second-order valence-electron chi connectivity index (χ2n) is 3.92. The van der Waals surface area contributed by atoms with E-state index in [4.69, 9.17) is 9.84 Å². The average Bonchev–Trinajstić information content (AvgIpc) is 3.08. The first-order chi connectivity index (χ1) is 7.79. The van der Waals surface area contributed by atoms with Crippen molar-refractivity contribution in [1.29, 1.82) is 0 Å². The van der Waals surface area contributed by atoms with E-state index < -0.39 is 0 Å². The van der Waals surface area contributed by atoms with Crippen molar-refractivity contribution >= 4 is 5.91 Å². The van der Waals surface area contributed by atoms with Gasteiger partial charge in [0, 0.05) is 19.1 Å². The van der Waals surface area contributed by atoms with Gasteiger partial charge in [-0.25, -0.2) is 0 Å². The third kappa shape index (κ3) is 4.92. The molecule has 0 atom stereocenters. The van der Waals surface area contributed by atoms with E-state index in [0.717, 1.165) is 19.4 Å². The monoisotopic (exact) mass is 230 g/mol. The minimum atomic E-state index is 0.0459. The van der Waals surface area contributed by atoms with Crippen molar-refractivity contribution in [2.45, 2.75) is 25.8 Å². The molecule has 94 valence electrons. The fourth-order valence-corrected chi connectivity index (χ4v) is 1.63. The van der Waals surface area contributed by atoms with Gasteiger partial charge in [-0.3, -0.25) is 4.79 Å². The van der Waals surface area contributed by atoms with E-state index in [1.54, 1.807) is 0 Å². The maximum absolute atomic E-state index is 11.7. The Kier molecular flexibility index (Phi) is 6.37. The number of rotatable bonds is 9. The van der Waals surface area contributed by atoms with Crippen LogP contribution in [0.2, 0.25) is 0 Å². The summed E-state index contributed by atoms with van der Waals surface area (Å²) in [5.41, 5.74) is 0. The molecule has 1 aliphatic rings. The van der Waals surface area contributed by atoms with Crippen molar-refractivity contribution in [1.82, 2.24) is 10.2 Å². The summed E-state index contributed by atoms with van der Waals surface area (Å²) < 4.78 is 5.07. The molecular weight excluding hydrogens is 208 g/mol. The molecule has 0 saturated heterocycles. The number of hydrogen-bond donors (Lipinski definition) is 2. The Morgan fingerprint density at radius 2 is 2.25 bits per heavy atom. The van der Waals surface area contributed by atoms with Crippen molar-refractivity contribution < 1.29 is 14.6 Å². The molecule has 0 aromatic rings. The van der Waals surface area contributed by atoms with Crippen molar-refractivity contribution in [3.8, 4) is 0 Å². The smallest absolute Gasteiger partial charge is 0.236 e. The van der Waals surface area contributed by atoms with Gasteiger partial charge in [-0.05, 0) is 19.8 Å². The number of carbonyl (C=O) groups excluding carboxylic acids is 1. The Labute approximate surface area is 96.8 Å². The number of ether oxygens (including phenoxy) is 1. The Morgan fingerprint density at radius 1 is 1.50 bits per heavy atom. The van der Waals surface area contributed by atoms with Gasteiger partial charge >= 0.3 is 0 Å². The SMILES string of the molecule is CCN(C(=O)CNCCOCCO)C1CC1. The van der Waals surface area contributed by atoms with Crippen LogP contribution in [-0.2, 0) is 9.53 Å². The number of likely N-dealkylation sites (N-methyl/N-ethyl adjacent to an activating group) is 1. The Bertz CT molecular complexity index is 207. The highest BCUT2D eigenvalue weighted by molar-refractivity contribution is 5.78. The van der Waals surface area contributed by atoms with Gasteiger partial charge in [0.05, 0.1) is 26.4 Å². The molecule has 0 aromatic heterocycles. The molecule has 16 heavy (non-hydrogen) atoms. The fraction of sp³-hybridized carbons (Fsp3) is 0.909. The predicted molar refractivity (Wildman–Crippen MR) is 61.2 cm³/mol. The summed E-state index contributed by atoms with van der Waals surface area (Å²) in [4.78, 5) is 13.7. The second kappa shape index (κ2) is 7.60. The number of hydrogen-bond acceptors (Lipinski definition) is 4. The summed E-state index contributed by atoms with van der Waals surface area (Å²) in [6, 6.07) is 0.491. The van der Waals surface area contributed by atoms with Crippen LogP contribution in [-0.4, -0.2) is 61.4 Å². The van der Waals surface area contributed by atoms with Crippen LogP contribution in [0, 0.1) is 0 Å². The lowest BCUT2D eigenvalue weighted by atomic mass is 10.4. The molecule has 0 aromatic carbocycles. The van der Waals surface area contributed by atoms with Crippen LogP contribution in [0.1, 0.15) is 19.8 Å². The number of nitrogens with zero attached hydrogens (tertiary/aromatic N) is 1. The van der Waals surface area contributed by atoms with E-state index in [-0.39, 0.29) is 12.5 Å². The molecule has 5 nitrogen and oxygen atoms in total. The topological polar surface area (TPSA) is 61.8 Å². The molecule has 0 spiro atoms. The zero-order valence-corrected chi connectivity index (χ0v) is 9.95. The normalized spacial score (nSPS) is 15.1. The second-order valence-corrected chi connectivity index (χ2v) is 3.92. The van der Waals surface area contributed by atoms with Crippen LogP contribution in [0.15, 0.2) is 0 Å². The molecule has 0 aliphatic heterocycles. The predicted octanol–water partition coefficient (Wildman–Crippen LogP) is -0.404. The molecule has 1 saturated carbocycles. The Morgan fingerprint density at radius 3 is 2.81 bits per heavy atom. The fourth-order valence-electron chi connectivity index (χ4n) is 1.63. The molecule has 0 bridgehead atoms. The molecule has 5 heteroatoms. The molecule has 2 N–H and O–H groups in total. The molecule has 0 unspecified atom stereocenters. The summed E-state index contributed by atoms with van der Waals surface area (Å²) in [6.07, 6.45) is 2.30. The molecule has 0 heterocycles. The van der Waals surface area contributed by atoms with Crippen LogP contribution in [0.5, 0.6) is 0 Å². The van der Waals surface area contributed by atoms with E-state index >= 15 is 0 Å². The lowest BCUT2D eigenvalue weighted by Gasteiger charge is -2.20. The Hall–Kier alpha value is -0.650. The highest BCUT2D eigenvalue weighted by Crippen LogP contribution is 2.26. The summed E-state index contributed by atoms with van der Waals surface area (Å²) in [7, 11) is 0. The third-order valence-electron chi connectivity index (χ3n) is 2.58. The number of amides is 1. The third-order valence-corrected chi connectivity index (χ3v) is 2.58. The van der Waals surface area contributed by atoms with Crippen molar-refractivity contribution in [2.75, 3.05) is 39.5 Å². The minimum absolute atomic E-state index is 0.0459. The van der Waals surface area contributed by atoms with Gasteiger partial charge in [-0.1, -0.05) is 0 Å². The summed E-state index contributed by atoms with van der Waals surface area (Å²) in [5, 5.41) is 11.5. The van der Waals surface area contributed by atoms with Crippen molar-refractivity contribution in [2.24, 2.45) is 0 Å². The summed E-state index contributed by atoms with van der Waals surface area (Å²) in [5.74, 6) is 0.173. The standard InChI is InChI=1S/C11H22N2O3/c1-2-13(10-3-4-10)11(15)9-12-5-7-16-8-6-14/h10,12,14H,2-9H2,1H3. The molecule has 1 amide bonds. The molecule has 1 rings (SSSR count). The number of aliphatic hydroxyl groups excluding tert-OH is 1. The largest absolute Gasteiger partial charge is 0.394 e. The number of carbonyl (C=O) groups is 1. The first kappa shape index (κ1) is 13.4. The first-order valence-corrected chi connectivity index (χ1v) is 5.98. The maximum Gasteiger partial charge on any atom is 0.236 e. The van der Waals surface area contributed by atoms with E-state index in [1.807, 2.05) is 11.8 Å². The van der Waals surface area contributed by atoms with E-state index in [2.05, 4.69) is 5.32 Å². The summed E-state index contributed by atoms with van der Waals surface area (Å²) in [6.45, 7) is 4.78. The zero-order chi connectivity index (χ0) is 11.8. The average molecular weight is 230 g/mol. The number of nitrogens with one attached hydrogen (secondary N) is 1. The van der Waals surface area contributed by atoms with Crippen molar-refractivity contribution in [3.05, 3.63) is 0 Å². The molecular formula is C11H22N2O3. The van der Waals surface area contributed by atoms with Gasteiger partial charge in [0.2, 0.25) is 5.91 Å². The first-order valence-electron chi connectivity index (χ1n) is 5.98. The highest BCUT2D eigenvalue weighted by Gasteiger charge is 2.30. The highest BCUT2D eigenvalue weighted by atomic mass is 16.5. The lowest BCUT2D eigenvalue weighted by Crippen LogP contribution is -2.40. The van der Waals surface area contributed by atoms with Crippen LogP contribution in [0.4, 0.5) is 0 Å². The zero-order valence-electron chi connectivity index (χ0n) is 9.95. The van der Waals surface area contributed by atoms with Crippen LogP contribution in [0.25, 0.3) is 0 Å². The van der Waals surface area contributed by atoms with Gasteiger partial charge < -0.3 is 20.1 Å². The van der Waals surface area contributed by atoms with E-state index in [1.165, 1.54) is 0 Å². The molecule has 1 fully saturated rings.